The SMILES string of the molecule is NC(=O)C1CC(O)CN1c1nc(-c2cccnc2)nc2ccccc12. The molecule has 1 fully saturated rings. The van der Waals surface area contributed by atoms with Crippen molar-refractivity contribution >= 4 is 22.6 Å². The Bertz CT molecular complexity index is 931. The summed E-state index contributed by atoms with van der Waals surface area (Å²) in [7, 11) is 0. The Balaban J connectivity index is 1.91. The molecule has 0 spiro atoms. The zero-order valence-electron chi connectivity index (χ0n) is 13.4. The van der Waals surface area contributed by atoms with Gasteiger partial charge in [-0.05, 0) is 24.3 Å². The number of nitrogens with two attached hydrogens (primary N) is 1. The van der Waals surface area contributed by atoms with Crippen LogP contribution in [0.1, 0.15) is 6.42 Å². The highest BCUT2D eigenvalue weighted by Crippen LogP contribution is 2.32. The first kappa shape index (κ1) is 15.5. The van der Waals surface area contributed by atoms with E-state index in [2.05, 4.69) is 15.0 Å². The van der Waals surface area contributed by atoms with Crippen LogP contribution in [0.25, 0.3) is 22.3 Å². The molecule has 1 aromatic carbocycles. The average Bonchev–Trinajstić information content (AvgIpc) is 3.03. The number of benzene rings is 1. The number of hydrogen-bond donors (Lipinski definition) is 2. The molecule has 2 aromatic heterocycles. The van der Waals surface area contributed by atoms with Crippen molar-refractivity contribution in [3.63, 3.8) is 0 Å². The van der Waals surface area contributed by atoms with Crippen LogP contribution in [0.3, 0.4) is 0 Å². The number of rotatable bonds is 3. The number of nitrogens with zero attached hydrogens (tertiary/aromatic N) is 4. The van der Waals surface area contributed by atoms with Gasteiger partial charge in [-0.2, -0.15) is 0 Å². The maximum absolute atomic E-state index is 11.8. The van der Waals surface area contributed by atoms with Crippen molar-refractivity contribution in [2.75, 3.05) is 11.4 Å². The highest BCUT2D eigenvalue weighted by atomic mass is 16.3. The molecule has 7 nitrogen and oxygen atoms in total. The molecule has 25 heavy (non-hydrogen) atoms. The summed E-state index contributed by atoms with van der Waals surface area (Å²) in [5.41, 5.74) is 7.08. The molecule has 3 heterocycles. The number of anilines is 1. The summed E-state index contributed by atoms with van der Waals surface area (Å²) in [5, 5.41) is 10.9. The summed E-state index contributed by atoms with van der Waals surface area (Å²) in [6.45, 7) is 0.307. The number of fused-ring (bicyclic) bond motifs is 1. The number of pyridine rings is 1. The van der Waals surface area contributed by atoms with Gasteiger partial charge in [0.25, 0.3) is 0 Å². The van der Waals surface area contributed by atoms with Crippen LogP contribution in [0.2, 0.25) is 0 Å². The maximum atomic E-state index is 11.8. The van der Waals surface area contributed by atoms with Gasteiger partial charge < -0.3 is 15.7 Å². The summed E-state index contributed by atoms with van der Waals surface area (Å²) in [6.07, 6.45) is 3.06. The van der Waals surface area contributed by atoms with E-state index < -0.39 is 18.1 Å². The summed E-state index contributed by atoms with van der Waals surface area (Å²) >= 11 is 0. The second-order valence-electron chi connectivity index (χ2n) is 6.09. The van der Waals surface area contributed by atoms with Crippen molar-refractivity contribution in [2.24, 2.45) is 5.73 Å². The van der Waals surface area contributed by atoms with Crippen molar-refractivity contribution in [3.05, 3.63) is 48.8 Å². The largest absolute Gasteiger partial charge is 0.391 e. The Morgan fingerprint density at radius 3 is 2.80 bits per heavy atom. The van der Waals surface area contributed by atoms with Crippen molar-refractivity contribution in [1.82, 2.24) is 15.0 Å². The third-order valence-corrected chi connectivity index (χ3v) is 4.38. The predicted molar refractivity (Wildman–Crippen MR) is 93.7 cm³/mol. The minimum Gasteiger partial charge on any atom is -0.391 e. The number of carbonyl (C=O) groups is 1. The Morgan fingerprint density at radius 1 is 1.20 bits per heavy atom. The van der Waals surface area contributed by atoms with Gasteiger partial charge in [0.2, 0.25) is 5.91 Å². The third kappa shape index (κ3) is 2.78. The maximum Gasteiger partial charge on any atom is 0.240 e. The summed E-state index contributed by atoms with van der Waals surface area (Å²) < 4.78 is 0. The van der Waals surface area contributed by atoms with E-state index in [0.29, 0.717) is 24.6 Å². The number of aromatic nitrogens is 3. The topological polar surface area (TPSA) is 105 Å². The molecule has 1 saturated heterocycles. The lowest BCUT2D eigenvalue weighted by molar-refractivity contribution is -0.119. The number of aliphatic hydroxyl groups is 1. The van der Waals surface area contributed by atoms with Gasteiger partial charge in [0, 0.05) is 36.3 Å². The van der Waals surface area contributed by atoms with Gasteiger partial charge in [0.1, 0.15) is 11.9 Å². The van der Waals surface area contributed by atoms with Crippen LogP contribution in [0.4, 0.5) is 5.82 Å². The minimum absolute atomic E-state index is 0.301. The van der Waals surface area contributed by atoms with Crippen molar-refractivity contribution < 1.29 is 9.90 Å². The molecule has 126 valence electrons. The van der Waals surface area contributed by atoms with E-state index in [-0.39, 0.29) is 0 Å². The van der Waals surface area contributed by atoms with Gasteiger partial charge in [0.15, 0.2) is 5.82 Å². The van der Waals surface area contributed by atoms with Crippen LogP contribution < -0.4 is 10.6 Å². The zero-order chi connectivity index (χ0) is 17.4. The smallest absolute Gasteiger partial charge is 0.240 e. The Labute approximate surface area is 144 Å². The molecule has 1 amide bonds. The Morgan fingerprint density at radius 2 is 2.04 bits per heavy atom. The fraction of sp³-hybridized carbons (Fsp3) is 0.222. The van der Waals surface area contributed by atoms with Gasteiger partial charge in [-0.1, -0.05) is 12.1 Å². The van der Waals surface area contributed by atoms with Gasteiger partial charge in [0.05, 0.1) is 11.6 Å². The first-order chi connectivity index (χ1) is 12.1. The number of hydrogen-bond acceptors (Lipinski definition) is 6. The van der Waals surface area contributed by atoms with Crippen LogP contribution in [0, 0.1) is 0 Å². The van der Waals surface area contributed by atoms with E-state index in [1.807, 2.05) is 36.4 Å². The molecule has 0 bridgehead atoms. The molecule has 1 aliphatic rings. The van der Waals surface area contributed by atoms with Gasteiger partial charge >= 0.3 is 0 Å². The lowest BCUT2D eigenvalue weighted by Crippen LogP contribution is -2.41. The molecule has 3 aromatic rings. The van der Waals surface area contributed by atoms with Crippen LogP contribution >= 0.6 is 0 Å². The molecule has 3 N–H and O–H groups in total. The number of aliphatic hydroxyl groups excluding tert-OH is 1. The van der Waals surface area contributed by atoms with E-state index in [1.54, 1.807) is 17.3 Å². The molecule has 4 rings (SSSR count). The molecule has 2 unspecified atom stereocenters. The predicted octanol–water partition coefficient (Wildman–Crippen LogP) is 1.12. The Hall–Kier alpha value is -3.06. The van der Waals surface area contributed by atoms with Crippen LogP contribution in [-0.2, 0) is 4.79 Å². The molecule has 2 atom stereocenters. The molecular formula is C18H17N5O2. The lowest BCUT2D eigenvalue weighted by atomic mass is 10.1. The van der Waals surface area contributed by atoms with Crippen molar-refractivity contribution in [3.8, 4) is 11.4 Å². The molecular weight excluding hydrogens is 318 g/mol. The fourth-order valence-corrected chi connectivity index (χ4v) is 3.22. The molecule has 7 heteroatoms. The molecule has 0 saturated carbocycles. The highest BCUT2D eigenvalue weighted by molar-refractivity contribution is 5.94. The number of carbonyl (C=O) groups excluding carboxylic acids is 1. The quantitative estimate of drug-likeness (QED) is 0.743. The summed E-state index contributed by atoms with van der Waals surface area (Å²) in [4.78, 5) is 27.0. The van der Waals surface area contributed by atoms with Crippen LogP contribution in [-0.4, -0.2) is 44.7 Å². The second-order valence-corrected chi connectivity index (χ2v) is 6.09. The lowest BCUT2D eigenvalue weighted by Gasteiger charge is -2.24. The minimum atomic E-state index is -0.618. The molecule has 1 aliphatic heterocycles. The number of para-hydroxylation sites is 1. The van der Waals surface area contributed by atoms with Crippen LogP contribution in [0.15, 0.2) is 48.8 Å². The van der Waals surface area contributed by atoms with Crippen molar-refractivity contribution in [1.29, 1.82) is 0 Å². The van der Waals surface area contributed by atoms with E-state index >= 15 is 0 Å². The van der Waals surface area contributed by atoms with Gasteiger partial charge in [-0.25, -0.2) is 9.97 Å². The molecule has 0 aliphatic carbocycles. The second kappa shape index (κ2) is 6.10. The number of β-amino-alcohol motifs (C(OH)–C–C–N with tert-alkyl or cyclic N) is 1. The fourth-order valence-electron chi connectivity index (χ4n) is 3.22. The van der Waals surface area contributed by atoms with E-state index in [9.17, 15) is 9.90 Å². The van der Waals surface area contributed by atoms with E-state index in [1.165, 1.54) is 0 Å². The normalized spacial score (nSPS) is 20.1. The highest BCUT2D eigenvalue weighted by Gasteiger charge is 2.36. The number of amides is 1. The zero-order valence-corrected chi connectivity index (χ0v) is 13.4. The molecule has 0 radical (unpaired) electrons. The first-order valence-corrected chi connectivity index (χ1v) is 8.04. The van der Waals surface area contributed by atoms with Crippen LogP contribution in [0.5, 0.6) is 0 Å². The Kier molecular flexibility index (Phi) is 3.77. The van der Waals surface area contributed by atoms with E-state index in [0.717, 1.165) is 16.5 Å². The summed E-state index contributed by atoms with van der Waals surface area (Å²) in [5.74, 6) is 0.651. The van der Waals surface area contributed by atoms with Gasteiger partial charge in [-0.3, -0.25) is 9.78 Å². The first-order valence-electron chi connectivity index (χ1n) is 8.04. The van der Waals surface area contributed by atoms with Crippen molar-refractivity contribution in [2.45, 2.75) is 18.6 Å². The third-order valence-electron chi connectivity index (χ3n) is 4.38. The van der Waals surface area contributed by atoms with Gasteiger partial charge in [-0.15, -0.1) is 0 Å². The number of primary amides is 1. The standard InChI is InChI=1S/C18H17N5O2/c19-16(25)15-8-12(24)10-23(15)18-13-5-1-2-6-14(13)21-17(22-18)11-4-3-7-20-9-11/h1-7,9,12,15,24H,8,10H2,(H2,19,25). The van der Waals surface area contributed by atoms with E-state index in [4.69, 9.17) is 5.73 Å². The average molecular weight is 335 g/mol. The monoisotopic (exact) mass is 335 g/mol. The summed E-state index contributed by atoms with van der Waals surface area (Å²) in [6, 6.07) is 10.7.